The molecule has 2 N–H and O–H groups in total. The van der Waals surface area contributed by atoms with Crippen LogP contribution in [0.15, 0.2) is 15.6 Å². The molecule has 3 heteroatoms. The average Bonchev–Trinajstić information content (AvgIpc) is 1.89. The van der Waals surface area contributed by atoms with E-state index in [9.17, 15) is 0 Å². The van der Waals surface area contributed by atoms with Crippen molar-refractivity contribution in [3.05, 3.63) is 10.6 Å². The number of nitrogens with zero attached hydrogens (tertiary/aromatic N) is 1. The van der Waals surface area contributed by atoms with E-state index >= 15 is 0 Å². The molecule has 0 aromatic carbocycles. The quantitative estimate of drug-likeness (QED) is 0.367. The molecule has 0 atom stereocenters. The zero-order valence-corrected chi connectivity index (χ0v) is 7.36. The van der Waals surface area contributed by atoms with Crippen LogP contribution < -0.4 is 5.73 Å². The van der Waals surface area contributed by atoms with Crippen molar-refractivity contribution in [3.8, 4) is 0 Å². The fourth-order valence-electron chi connectivity index (χ4n) is 0.604. The minimum atomic E-state index is 0.910. The van der Waals surface area contributed by atoms with Crippen molar-refractivity contribution in [2.45, 2.75) is 26.7 Å². The van der Waals surface area contributed by atoms with Crippen LogP contribution in [0.4, 0.5) is 0 Å². The first-order valence-electron chi connectivity index (χ1n) is 3.35. The Morgan fingerprint density at radius 1 is 1.70 bits per heavy atom. The van der Waals surface area contributed by atoms with Gasteiger partial charge in [-0.15, -0.1) is 12.6 Å². The minimum absolute atomic E-state index is 0.910. The molecular weight excluding hydrogens is 144 g/mol. The molecule has 0 heterocycles. The lowest BCUT2D eigenvalue weighted by Crippen LogP contribution is -1.89. The van der Waals surface area contributed by atoms with Crippen LogP contribution in [0.25, 0.3) is 0 Å². The lowest BCUT2D eigenvalue weighted by atomic mass is 10.3. The summed E-state index contributed by atoms with van der Waals surface area (Å²) in [4.78, 5) is 4.92. The summed E-state index contributed by atoms with van der Waals surface area (Å²) in [6.07, 6.45) is 3.36. The van der Waals surface area contributed by atoms with E-state index in [1.165, 1.54) is 6.34 Å². The van der Waals surface area contributed by atoms with E-state index in [0.717, 1.165) is 23.4 Å². The predicted molar refractivity (Wildman–Crippen MR) is 49.3 cm³/mol. The second kappa shape index (κ2) is 5.35. The van der Waals surface area contributed by atoms with E-state index < -0.39 is 0 Å². The molecule has 0 fully saturated rings. The fraction of sp³-hybridized carbons (Fsp3) is 0.571. The van der Waals surface area contributed by atoms with Gasteiger partial charge in [0.05, 0.1) is 6.34 Å². The summed E-state index contributed by atoms with van der Waals surface area (Å²) in [5.41, 5.74) is 6.01. The Hall–Kier alpha value is -0.440. The van der Waals surface area contributed by atoms with Crippen molar-refractivity contribution in [2.75, 3.05) is 0 Å². The van der Waals surface area contributed by atoms with Gasteiger partial charge in [0.1, 0.15) is 0 Å². The van der Waals surface area contributed by atoms with Gasteiger partial charge < -0.3 is 5.73 Å². The lowest BCUT2D eigenvalue weighted by molar-refractivity contribution is 0.934. The summed E-state index contributed by atoms with van der Waals surface area (Å²) in [5, 5.41) is 0. The van der Waals surface area contributed by atoms with Gasteiger partial charge in [0, 0.05) is 10.6 Å². The van der Waals surface area contributed by atoms with Crippen LogP contribution in [0.1, 0.15) is 26.7 Å². The Balaban J connectivity index is 4.04. The summed E-state index contributed by atoms with van der Waals surface area (Å²) in [5.74, 6) is 0. The van der Waals surface area contributed by atoms with Crippen molar-refractivity contribution < 1.29 is 0 Å². The number of nitrogens with two attached hydrogens (primary N) is 1. The molecule has 0 aromatic heterocycles. The Morgan fingerprint density at radius 3 is 2.70 bits per heavy atom. The topological polar surface area (TPSA) is 38.4 Å². The van der Waals surface area contributed by atoms with Gasteiger partial charge in [-0.2, -0.15) is 0 Å². The van der Waals surface area contributed by atoms with E-state index in [2.05, 4.69) is 24.5 Å². The number of aliphatic imine (C=N–C) groups is 1. The van der Waals surface area contributed by atoms with E-state index in [0.29, 0.717) is 0 Å². The molecule has 0 unspecified atom stereocenters. The molecule has 10 heavy (non-hydrogen) atoms. The van der Waals surface area contributed by atoms with Crippen molar-refractivity contribution in [1.29, 1.82) is 0 Å². The molecule has 0 aliphatic rings. The standard InChI is InChI=1S/C7H14N2S/c1-3-4-7(10)6(2)9-5-8/h5,10H,3-4H2,1-2H3,(H2,8,9)/b7-6-. The first kappa shape index (κ1) is 9.56. The fourth-order valence-corrected chi connectivity index (χ4v) is 0.885. The van der Waals surface area contributed by atoms with Gasteiger partial charge in [-0.25, -0.2) is 4.99 Å². The van der Waals surface area contributed by atoms with Crippen LogP contribution in [0.5, 0.6) is 0 Å². The molecule has 2 nitrogen and oxygen atoms in total. The van der Waals surface area contributed by atoms with Gasteiger partial charge in [-0.1, -0.05) is 13.3 Å². The third-order valence-corrected chi connectivity index (χ3v) is 1.72. The monoisotopic (exact) mass is 158 g/mol. The van der Waals surface area contributed by atoms with Crippen LogP contribution in [-0.2, 0) is 0 Å². The highest BCUT2D eigenvalue weighted by atomic mass is 32.1. The van der Waals surface area contributed by atoms with Crippen molar-refractivity contribution in [2.24, 2.45) is 10.7 Å². The summed E-state index contributed by atoms with van der Waals surface area (Å²) < 4.78 is 0. The smallest absolute Gasteiger partial charge is 0.0856 e. The SMILES string of the molecule is CCC/C(S)=C(\C)N=CN. The zero-order valence-electron chi connectivity index (χ0n) is 6.46. The highest BCUT2D eigenvalue weighted by Crippen LogP contribution is 2.14. The maximum Gasteiger partial charge on any atom is 0.0856 e. The molecule has 58 valence electrons. The number of hydrogen-bond donors (Lipinski definition) is 2. The van der Waals surface area contributed by atoms with Gasteiger partial charge in [-0.05, 0) is 13.3 Å². The Morgan fingerprint density at radius 2 is 2.30 bits per heavy atom. The minimum Gasteiger partial charge on any atom is -0.390 e. The molecule has 0 aliphatic heterocycles. The Labute approximate surface area is 67.6 Å². The lowest BCUT2D eigenvalue weighted by Gasteiger charge is -1.98. The Kier molecular flexibility index (Phi) is 5.12. The number of allylic oxidation sites excluding steroid dienone is 2. The van der Waals surface area contributed by atoms with Crippen LogP contribution >= 0.6 is 12.6 Å². The van der Waals surface area contributed by atoms with E-state index in [4.69, 9.17) is 5.73 Å². The predicted octanol–water partition coefficient (Wildman–Crippen LogP) is 1.93. The first-order valence-corrected chi connectivity index (χ1v) is 3.80. The summed E-state index contributed by atoms with van der Waals surface area (Å²) in [7, 11) is 0. The summed E-state index contributed by atoms with van der Waals surface area (Å²) in [6, 6.07) is 0. The molecule has 0 radical (unpaired) electrons. The van der Waals surface area contributed by atoms with E-state index in [1.54, 1.807) is 0 Å². The maximum absolute atomic E-state index is 5.10. The van der Waals surface area contributed by atoms with Crippen LogP contribution in [-0.4, -0.2) is 6.34 Å². The van der Waals surface area contributed by atoms with Gasteiger partial charge in [0.15, 0.2) is 0 Å². The van der Waals surface area contributed by atoms with Crippen molar-refractivity contribution >= 4 is 19.0 Å². The second-order valence-corrected chi connectivity index (χ2v) is 2.60. The number of thiol groups is 1. The second-order valence-electron chi connectivity index (χ2n) is 2.06. The van der Waals surface area contributed by atoms with E-state index in [1.807, 2.05) is 6.92 Å². The van der Waals surface area contributed by atoms with E-state index in [-0.39, 0.29) is 0 Å². The summed E-state index contributed by atoms with van der Waals surface area (Å²) >= 11 is 4.25. The largest absolute Gasteiger partial charge is 0.390 e. The molecule has 0 saturated heterocycles. The third kappa shape index (κ3) is 3.56. The maximum atomic E-state index is 5.10. The molecule has 0 rings (SSSR count). The van der Waals surface area contributed by atoms with Gasteiger partial charge >= 0.3 is 0 Å². The summed E-state index contributed by atoms with van der Waals surface area (Å²) in [6.45, 7) is 4.01. The molecule has 0 bridgehead atoms. The first-order chi connectivity index (χ1) is 4.72. The molecule has 0 amide bonds. The van der Waals surface area contributed by atoms with Crippen LogP contribution in [0.2, 0.25) is 0 Å². The highest BCUT2D eigenvalue weighted by molar-refractivity contribution is 7.84. The molecule has 0 spiro atoms. The van der Waals surface area contributed by atoms with Crippen molar-refractivity contribution in [3.63, 3.8) is 0 Å². The molecule has 0 aliphatic carbocycles. The zero-order chi connectivity index (χ0) is 7.98. The normalized spacial score (nSPS) is 13.9. The van der Waals surface area contributed by atoms with Gasteiger partial charge in [-0.3, -0.25) is 0 Å². The molecular formula is C7H14N2S. The van der Waals surface area contributed by atoms with Crippen LogP contribution in [0, 0.1) is 0 Å². The van der Waals surface area contributed by atoms with Gasteiger partial charge in [0.2, 0.25) is 0 Å². The van der Waals surface area contributed by atoms with Crippen molar-refractivity contribution in [1.82, 2.24) is 0 Å². The molecule has 0 aromatic rings. The van der Waals surface area contributed by atoms with Crippen LogP contribution in [0.3, 0.4) is 0 Å². The number of hydrogen-bond acceptors (Lipinski definition) is 2. The average molecular weight is 158 g/mol. The highest BCUT2D eigenvalue weighted by Gasteiger charge is 1.92. The third-order valence-electron chi connectivity index (χ3n) is 1.17. The number of rotatable bonds is 3. The van der Waals surface area contributed by atoms with Gasteiger partial charge in [0.25, 0.3) is 0 Å². The Bertz CT molecular complexity index is 150. The molecule has 0 saturated carbocycles.